The minimum absolute atomic E-state index is 0.175. The van der Waals surface area contributed by atoms with Crippen LogP contribution in [0.4, 0.5) is 0 Å². The lowest BCUT2D eigenvalue weighted by Gasteiger charge is -2.27. The third kappa shape index (κ3) is 7.20. The Balaban J connectivity index is 1.92. The van der Waals surface area contributed by atoms with E-state index in [2.05, 4.69) is 38.5 Å². The Bertz CT molecular complexity index is 1780. The Labute approximate surface area is 280 Å². The minimum atomic E-state index is -0.824. The van der Waals surface area contributed by atoms with Crippen molar-refractivity contribution in [2.24, 2.45) is 4.99 Å². The fourth-order valence-corrected chi connectivity index (χ4v) is 6.96. The summed E-state index contributed by atoms with van der Waals surface area (Å²) in [6.45, 7) is 5.63. The molecule has 1 aromatic heterocycles. The predicted molar refractivity (Wildman–Crippen MR) is 178 cm³/mol. The lowest BCUT2D eigenvalue weighted by Crippen LogP contribution is -2.40. The van der Waals surface area contributed by atoms with Crippen LogP contribution in [0.2, 0.25) is 0 Å². The van der Waals surface area contributed by atoms with Crippen molar-refractivity contribution in [2.75, 3.05) is 34.0 Å². The molecule has 0 radical (unpaired) electrons. The summed E-state index contributed by atoms with van der Waals surface area (Å²) >= 11 is 6.85. The fraction of sp³-hybridized carbons (Fsp3) is 0.355. The van der Waals surface area contributed by atoms with Crippen LogP contribution in [0, 0.1) is 3.57 Å². The van der Waals surface area contributed by atoms with E-state index in [0.29, 0.717) is 59.0 Å². The van der Waals surface area contributed by atoms with E-state index in [1.807, 2.05) is 25.1 Å². The third-order valence-corrected chi connectivity index (χ3v) is 8.85. The number of carbonyl (C=O) groups is 2. The number of aromatic nitrogens is 1. The van der Waals surface area contributed by atoms with E-state index in [-0.39, 0.29) is 25.4 Å². The number of halogens is 2. The SMILES string of the molecule is CCCC1=C(C(=O)OCC)[C@@H](c2cc(Br)ccc2OC)n2c(s/c(=C/c3cc(I)c(OCC(=O)OCC)c(OC)c3)c2=O)=N1. The van der Waals surface area contributed by atoms with Crippen LogP contribution in [0.5, 0.6) is 17.2 Å². The van der Waals surface area contributed by atoms with Gasteiger partial charge in [0, 0.05) is 10.0 Å². The quantitative estimate of drug-likeness (QED) is 0.188. The van der Waals surface area contributed by atoms with E-state index in [9.17, 15) is 14.4 Å². The van der Waals surface area contributed by atoms with Gasteiger partial charge in [-0.25, -0.2) is 14.6 Å². The smallest absolute Gasteiger partial charge is 0.344 e. The van der Waals surface area contributed by atoms with E-state index in [4.69, 9.17) is 28.7 Å². The van der Waals surface area contributed by atoms with Gasteiger partial charge in [0.25, 0.3) is 5.56 Å². The van der Waals surface area contributed by atoms with Crippen molar-refractivity contribution in [1.29, 1.82) is 0 Å². The van der Waals surface area contributed by atoms with Crippen LogP contribution in [-0.2, 0) is 19.1 Å². The summed E-state index contributed by atoms with van der Waals surface area (Å²) in [5.74, 6) is 0.289. The van der Waals surface area contributed by atoms with Gasteiger partial charge in [-0.3, -0.25) is 9.36 Å². The molecule has 2 aromatic carbocycles. The average molecular weight is 799 g/mol. The van der Waals surface area contributed by atoms with E-state index in [1.165, 1.54) is 23.0 Å². The number of nitrogens with zero attached hydrogens (tertiary/aromatic N) is 2. The second kappa shape index (κ2) is 15.2. The summed E-state index contributed by atoms with van der Waals surface area (Å²) in [5.41, 5.74) is 1.86. The van der Waals surface area contributed by atoms with E-state index >= 15 is 0 Å². The van der Waals surface area contributed by atoms with Gasteiger partial charge in [-0.2, -0.15) is 0 Å². The largest absolute Gasteiger partial charge is 0.496 e. The van der Waals surface area contributed by atoms with Gasteiger partial charge in [-0.1, -0.05) is 40.6 Å². The molecule has 1 aliphatic heterocycles. The highest BCUT2D eigenvalue weighted by Crippen LogP contribution is 2.38. The molecule has 0 fully saturated rings. The summed E-state index contributed by atoms with van der Waals surface area (Å²) in [4.78, 5) is 44.8. The van der Waals surface area contributed by atoms with Gasteiger partial charge in [0.05, 0.1) is 46.8 Å². The number of carbonyl (C=O) groups excluding carboxylic acids is 2. The van der Waals surface area contributed by atoms with Crippen molar-refractivity contribution < 1.29 is 33.3 Å². The number of methoxy groups -OCH3 is 2. The standard InChI is InChI=1S/C31H32BrIN2O8S/c1-6-9-21-26(30(38)42-8-3)27(19-15-18(32)10-11-22(19)39-4)35-29(37)24(44-31(35)34-21)14-17-12-20(33)28(23(13-17)40-5)43-16-25(36)41-7-2/h10-15,27H,6-9,16H2,1-5H3/b24-14+/t27-/m1/s1. The number of benzene rings is 2. The van der Waals surface area contributed by atoms with Gasteiger partial charge in [0.1, 0.15) is 11.8 Å². The Kier molecular flexibility index (Phi) is 11.7. The van der Waals surface area contributed by atoms with Crippen molar-refractivity contribution in [3.8, 4) is 17.2 Å². The number of esters is 2. The van der Waals surface area contributed by atoms with Crippen molar-refractivity contribution >= 4 is 67.9 Å². The van der Waals surface area contributed by atoms with Crippen LogP contribution >= 0.6 is 49.9 Å². The highest BCUT2D eigenvalue weighted by molar-refractivity contribution is 14.1. The Hall–Kier alpha value is -3.17. The fourth-order valence-electron chi connectivity index (χ4n) is 4.78. The lowest BCUT2D eigenvalue weighted by atomic mass is 9.93. The molecule has 0 aliphatic carbocycles. The molecule has 3 aromatic rings. The number of rotatable bonds is 12. The van der Waals surface area contributed by atoms with Crippen LogP contribution in [-0.4, -0.2) is 50.5 Å². The van der Waals surface area contributed by atoms with Crippen molar-refractivity contribution in [3.05, 3.63) is 80.5 Å². The molecular formula is C31H32BrIN2O8S. The van der Waals surface area contributed by atoms with Gasteiger partial charge in [0.15, 0.2) is 22.9 Å². The van der Waals surface area contributed by atoms with Crippen LogP contribution < -0.4 is 29.1 Å². The molecule has 4 rings (SSSR count). The first-order chi connectivity index (χ1) is 21.2. The molecule has 0 bridgehead atoms. The number of thiazole rings is 1. The molecule has 10 nitrogen and oxygen atoms in total. The molecule has 2 heterocycles. The zero-order chi connectivity index (χ0) is 32.0. The normalized spacial score (nSPS) is 14.5. The summed E-state index contributed by atoms with van der Waals surface area (Å²) in [5, 5.41) is 0. The molecule has 0 N–H and O–H groups in total. The Morgan fingerprint density at radius 1 is 1.07 bits per heavy atom. The highest BCUT2D eigenvalue weighted by atomic mass is 127. The maximum absolute atomic E-state index is 14.2. The number of hydrogen-bond donors (Lipinski definition) is 0. The van der Waals surface area contributed by atoms with Crippen molar-refractivity contribution in [3.63, 3.8) is 0 Å². The molecule has 234 valence electrons. The minimum Gasteiger partial charge on any atom is -0.496 e. The van der Waals surface area contributed by atoms with E-state index in [1.54, 1.807) is 39.2 Å². The lowest BCUT2D eigenvalue weighted by molar-refractivity contribution is -0.145. The molecule has 1 aliphatic rings. The molecule has 0 amide bonds. The van der Waals surface area contributed by atoms with Gasteiger partial charge >= 0.3 is 11.9 Å². The second-order valence-corrected chi connectivity index (χ2v) is 12.5. The summed E-state index contributed by atoms with van der Waals surface area (Å²) in [6, 6.07) is 8.19. The van der Waals surface area contributed by atoms with Crippen molar-refractivity contribution in [2.45, 2.75) is 39.7 Å². The third-order valence-electron chi connectivity index (χ3n) is 6.57. The van der Waals surface area contributed by atoms with Gasteiger partial charge in [0.2, 0.25) is 0 Å². The molecular weight excluding hydrogens is 767 g/mol. The van der Waals surface area contributed by atoms with E-state index < -0.39 is 18.0 Å². The summed E-state index contributed by atoms with van der Waals surface area (Å²) < 4.78 is 30.7. The van der Waals surface area contributed by atoms with Gasteiger partial charge in [-0.05, 0) is 84.8 Å². The first-order valence-electron chi connectivity index (χ1n) is 13.9. The number of fused-ring (bicyclic) bond motifs is 1. The molecule has 0 spiro atoms. The predicted octanol–water partition coefficient (Wildman–Crippen LogP) is 4.90. The van der Waals surface area contributed by atoms with Gasteiger partial charge < -0.3 is 23.7 Å². The maximum Gasteiger partial charge on any atom is 0.344 e. The maximum atomic E-state index is 14.2. The Morgan fingerprint density at radius 3 is 2.45 bits per heavy atom. The van der Waals surface area contributed by atoms with Gasteiger partial charge in [-0.15, -0.1) is 0 Å². The first-order valence-corrected chi connectivity index (χ1v) is 16.6. The molecule has 0 unspecified atom stereocenters. The molecule has 0 saturated carbocycles. The summed E-state index contributed by atoms with van der Waals surface area (Å²) in [7, 11) is 3.05. The van der Waals surface area contributed by atoms with Crippen LogP contribution in [0.1, 0.15) is 50.8 Å². The van der Waals surface area contributed by atoms with Crippen LogP contribution in [0.15, 0.2) is 55.9 Å². The van der Waals surface area contributed by atoms with E-state index in [0.717, 1.165) is 10.9 Å². The first kappa shape index (κ1) is 33.7. The highest BCUT2D eigenvalue weighted by Gasteiger charge is 2.36. The zero-order valence-corrected chi connectivity index (χ0v) is 29.5. The number of hydrogen-bond acceptors (Lipinski definition) is 10. The van der Waals surface area contributed by atoms with Crippen LogP contribution in [0.25, 0.3) is 6.08 Å². The molecule has 44 heavy (non-hydrogen) atoms. The zero-order valence-electron chi connectivity index (χ0n) is 24.9. The summed E-state index contributed by atoms with van der Waals surface area (Å²) in [6.07, 6.45) is 3.00. The molecule has 0 saturated heterocycles. The molecule has 13 heteroatoms. The second-order valence-electron chi connectivity index (χ2n) is 9.43. The molecule has 1 atom stereocenters. The monoisotopic (exact) mass is 798 g/mol. The Morgan fingerprint density at radius 2 is 1.80 bits per heavy atom. The topological polar surface area (TPSA) is 115 Å². The van der Waals surface area contributed by atoms with Crippen molar-refractivity contribution in [1.82, 2.24) is 4.57 Å². The number of allylic oxidation sites excluding steroid dienone is 1. The average Bonchev–Trinajstić information content (AvgIpc) is 3.30. The number of ether oxygens (including phenoxy) is 5. The van der Waals surface area contributed by atoms with Crippen LogP contribution in [0.3, 0.4) is 0 Å².